The molecule has 5 aromatic rings. The molecule has 134 valence electrons. The molecule has 2 aromatic carbocycles. The molecule has 9 heteroatoms. The van der Waals surface area contributed by atoms with Gasteiger partial charge in [0.1, 0.15) is 5.75 Å². The zero-order valence-electron chi connectivity index (χ0n) is 14.2. The molecule has 5 rings (SSSR count). The summed E-state index contributed by atoms with van der Waals surface area (Å²) < 4.78 is 13.9. The van der Waals surface area contributed by atoms with E-state index in [4.69, 9.17) is 9.26 Å². The molecule has 3 aromatic heterocycles. The van der Waals surface area contributed by atoms with Crippen LogP contribution in [0.2, 0.25) is 0 Å². The number of para-hydroxylation sites is 1. The molecule has 0 saturated heterocycles. The van der Waals surface area contributed by atoms with E-state index in [-0.39, 0.29) is 0 Å². The molecule has 0 fully saturated rings. The van der Waals surface area contributed by atoms with E-state index in [1.807, 2.05) is 36.4 Å². The lowest BCUT2D eigenvalue weighted by Crippen LogP contribution is -1.88. The average molecular weight is 395 g/mol. The number of hydrogen-bond acceptors (Lipinski definition) is 8. The lowest BCUT2D eigenvalue weighted by molar-refractivity contribution is 0.391. The summed E-state index contributed by atoms with van der Waals surface area (Å²) in [5.74, 6) is 2.34. The Morgan fingerprint density at radius 1 is 1.15 bits per heavy atom. The van der Waals surface area contributed by atoms with E-state index < -0.39 is 0 Å². The Bertz CT molecular complexity index is 1240. The molecule has 0 spiro atoms. The second-order valence-corrected chi connectivity index (χ2v) is 7.65. The second-order valence-electron chi connectivity index (χ2n) is 5.70. The first-order valence-electron chi connectivity index (χ1n) is 8.14. The van der Waals surface area contributed by atoms with E-state index >= 15 is 0 Å². The van der Waals surface area contributed by atoms with Gasteiger partial charge in [-0.15, -0.1) is 10.2 Å². The van der Waals surface area contributed by atoms with Crippen LogP contribution in [0.5, 0.6) is 5.75 Å². The van der Waals surface area contributed by atoms with Gasteiger partial charge in [-0.1, -0.05) is 52.5 Å². The third-order valence-corrected chi connectivity index (χ3v) is 5.96. The number of rotatable bonds is 5. The summed E-state index contributed by atoms with van der Waals surface area (Å²) in [6, 6.07) is 15.8. The highest BCUT2D eigenvalue weighted by Crippen LogP contribution is 2.31. The predicted molar refractivity (Wildman–Crippen MR) is 104 cm³/mol. The van der Waals surface area contributed by atoms with Crippen molar-refractivity contribution >= 4 is 38.3 Å². The van der Waals surface area contributed by atoms with Crippen molar-refractivity contribution in [2.45, 2.75) is 10.9 Å². The topological polar surface area (TPSA) is 78.3 Å². The van der Waals surface area contributed by atoms with Crippen molar-refractivity contribution in [3.8, 4) is 17.1 Å². The third-order valence-electron chi connectivity index (χ3n) is 4.03. The van der Waals surface area contributed by atoms with E-state index in [1.165, 1.54) is 16.5 Å². The van der Waals surface area contributed by atoms with Crippen molar-refractivity contribution < 1.29 is 9.26 Å². The van der Waals surface area contributed by atoms with Crippen molar-refractivity contribution in [2.75, 3.05) is 7.11 Å². The molecule has 0 bridgehead atoms. The molecule has 0 aliphatic rings. The number of nitrogens with zero attached hydrogens (tertiary/aromatic N) is 5. The molecule has 3 heterocycles. The van der Waals surface area contributed by atoms with Crippen LogP contribution in [0, 0.1) is 0 Å². The Kier molecular flexibility index (Phi) is 4.02. The monoisotopic (exact) mass is 395 g/mol. The number of methoxy groups -OCH3 is 1. The first-order chi connectivity index (χ1) is 13.3. The van der Waals surface area contributed by atoms with Crippen LogP contribution in [-0.4, -0.2) is 31.8 Å². The van der Waals surface area contributed by atoms with Crippen LogP contribution >= 0.6 is 23.1 Å². The van der Waals surface area contributed by atoms with Crippen LogP contribution < -0.4 is 4.74 Å². The van der Waals surface area contributed by atoms with Gasteiger partial charge in [0, 0.05) is 5.56 Å². The van der Waals surface area contributed by atoms with Gasteiger partial charge >= 0.3 is 0 Å². The highest BCUT2D eigenvalue weighted by atomic mass is 32.2. The van der Waals surface area contributed by atoms with Gasteiger partial charge in [0.2, 0.25) is 16.7 Å². The van der Waals surface area contributed by atoms with Crippen molar-refractivity contribution in [2.24, 2.45) is 0 Å². The summed E-state index contributed by atoms with van der Waals surface area (Å²) >= 11 is 3.14. The third kappa shape index (κ3) is 2.94. The lowest BCUT2D eigenvalue weighted by atomic mass is 10.2. The molecule has 0 aliphatic carbocycles. The lowest BCUT2D eigenvalue weighted by Gasteiger charge is -1.99. The van der Waals surface area contributed by atoms with Gasteiger partial charge < -0.3 is 9.26 Å². The molecule has 0 N–H and O–H groups in total. The van der Waals surface area contributed by atoms with Gasteiger partial charge in [0.25, 0.3) is 0 Å². The summed E-state index contributed by atoms with van der Waals surface area (Å²) in [5, 5.41) is 13.4. The van der Waals surface area contributed by atoms with Gasteiger partial charge in [-0.2, -0.15) is 4.98 Å². The maximum absolute atomic E-state index is 5.39. The normalized spacial score (nSPS) is 11.4. The fourth-order valence-corrected chi connectivity index (χ4v) is 4.57. The molecule has 27 heavy (non-hydrogen) atoms. The minimum Gasteiger partial charge on any atom is -0.497 e. The van der Waals surface area contributed by atoms with Gasteiger partial charge in [0.05, 0.1) is 23.1 Å². The minimum absolute atomic E-state index is 0.516. The van der Waals surface area contributed by atoms with E-state index in [0.29, 0.717) is 17.5 Å². The zero-order chi connectivity index (χ0) is 18.2. The largest absolute Gasteiger partial charge is 0.497 e. The maximum atomic E-state index is 5.39. The van der Waals surface area contributed by atoms with Gasteiger partial charge in [0.15, 0.2) is 5.16 Å². The van der Waals surface area contributed by atoms with Crippen LogP contribution in [0.4, 0.5) is 0 Å². The quantitative estimate of drug-likeness (QED) is 0.411. The SMILES string of the molecule is COc1cccc(-c2noc(CSc3nnc4sc5ccccc5n34)n2)c1. The number of hydrogen-bond donors (Lipinski definition) is 0. The zero-order valence-corrected chi connectivity index (χ0v) is 15.8. The summed E-state index contributed by atoms with van der Waals surface area (Å²) in [7, 11) is 1.63. The van der Waals surface area contributed by atoms with E-state index in [2.05, 4.69) is 36.9 Å². The van der Waals surface area contributed by atoms with E-state index in [1.54, 1.807) is 18.4 Å². The van der Waals surface area contributed by atoms with Crippen LogP contribution in [0.25, 0.3) is 26.6 Å². The van der Waals surface area contributed by atoms with Crippen molar-refractivity contribution in [3.63, 3.8) is 0 Å². The van der Waals surface area contributed by atoms with E-state index in [9.17, 15) is 0 Å². The van der Waals surface area contributed by atoms with Gasteiger partial charge in [-0.05, 0) is 24.3 Å². The second kappa shape index (κ2) is 6.67. The smallest absolute Gasteiger partial charge is 0.237 e. The molecule has 0 saturated carbocycles. The van der Waals surface area contributed by atoms with Crippen LogP contribution in [0.1, 0.15) is 5.89 Å². The molecule has 0 aliphatic heterocycles. The van der Waals surface area contributed by atoms with Crippen molar-refractivity contribution in [1.82, 2.24) is 24.7 Å². The Hall–Kier alpha value is -2.91. The Balaban J connectivity index is 1.39. The van der Waals surface area contributed by atoms with E-state index in [0.717, 1.165) is 26.9 Å². The fraction of sp³-hybridized carbons (Fsp3) is 0.111. The number of aromatic nitrogens is 5. The number of fused-ring (bicyclic) bond motifs is 3. The predicted octanol–water partition coefficient (Wildman–Crippen LogP) is 4.29. The average Bonchev–Trinajstić information content (AvgIpc) is 3.42. The fourth-order valence-electron chi connectivity index (χ4n) is 2.77. The number of benzene rings is 2. The Labute approximate surface area is 162 Å². The molecular formula is C18H13N5O2S2. The molecule has 7 nitrogen and oxygen atoms in total. The molecule has 0 atom stereocenters. The van der Waals surface area contributed by atoms with Crippen molar-refractivity contribution in [3.05, 3.63) is 54.4 Å². The maximum Gasteiger partial charge on any atom is 0.237 e. The Morgan fingerprint density at radius 3 is 3.00 bits per heavy atom. The summed E-state index contributed by atoms with van der Waals surface area (Å²) in [6.07, 6.45) is 0. The standard InChI is InChI=1S/C18H13N5O2S2/c1-24-12-6-4-5-11(9-12)16-19-15(25-22-16)10-26-17-20-21-18-23(17)13-7-2-3-8-14(13)27-18/h2-9H,10H2,1H3. The number of ether oxygens (including phenoxy) is 1. The summed E-state index contributed by atoms with van der Waals surface area (Å²) in [5.41, 5.74) is 1.95. The van der Waals surface area contributed by atoms with Gasteiger partial charge in [-0.25, -0.2) is 0 Å². The van der Waals surface area contributed by atoms with Crippen molar-refractivity contribution in [1.29, 1.82) is 0 Å². The molecule has 0 radical (unpaired) electrons. The molecule has 0 amide bonds. The molecule has 0 unspecified atom stereocenters. The van der Waals surface area contributed by atoms with Crippen LogP contribution in [0.3, 0.4) is 0 Å². The minimum atomic E-state index is 0.516. The van der Waals surface area contributed by atoms with Gasteiger partial charge in [-0.3, -0.25) is 4.40 Å². The first-order valence-corrected chi connectivity index (χ1v) is 9.94. The number of thiazole rings is 1. The highest BCUT2D eigenvalue weighted by molar-refractivity contribution is 7.98. The summed E-state index contributed by atoms with van der Waals surface area (Å²) in [6.45, 7) is 0. The molecular weight excluding hydrogens is 382 g/mol. The van der Waals surface area contributed by atoms with Crippen LogP contribution in [-0.2, 0) is 5.75 Å². The highest BCUT2D eigenvalue weighted by Gasteiger charge is 2.15. The number of thioether (sulfide) groups is 1. The first kappa shape index (κ1) is 16.3. The van der Waals surface area contributed by atoms with Crippen LogP contribution in [0.15, 0.2) is 58.2 Å². The Morgan fingerprint density at radius 2 is 2.07 bits per heavy atom. The summed E-state index contributed by atoms with van der Waals surface area (Å²) in [4.78, 5) is 5.35.